The van der Waals surface area contributed by atoms with Crippen LogP contribution in [0.2, 0.25) is 0 Å². The number of ether oxygens (including phenoxy) is 2. The van der Waals surface area contributed by atoms with Crippen molar-refractivity contribution in [1.29, 1.82) is 0 Å². The van der Waals surface area contributed by atoms with Crippen molar-refractivity contribution in [2.75, 3.05) is 0 Å². The SMILES string of the molecule is CC(C)(Oc1ccc(C(=O)OCc2cnn(Cc3cccc(C(F)(F)F)c3)c2)cc1)C(=O)O. The molecule has 0 aliphatic heterocycles. The summed E-state index contributed by atoms with van der Waals surface area (Å²) in [6.45, 7) is 2.87. The Balaban J connectivity index is 1.56. The number of aliphatic carboxylic acids is 1. The summed E-state index contributed by atoms with van der Waals surface area (Å²) < 4.78 is 50.6. The molecule has 7 nitrogen and oxygen atoms in total. The van der Waals surface area contributed by atoms with Gasteiger partial charge in [0.05, 0.1) is 23.9 Å². The lowest BCUT2D eigenvalue weighted by Gasteiger charge is -2.21. The fourth-order valence-electron chi connectivity index (χ4n) is 2.83. The van der Waals surface area contributed by atoms with Crippen molar-refractivity contribution in [3.63, 3.8) is 0 Å². The van der Waals surface area contributed by atoms with Crippen molar-refractivity contribution in [2.24, 2.45) is 0 Å². The van der Waals surface area contributed by atoms with Crippen molar-refractivity contribution in [3.8, 4) is 5.75 Å². The summed E-state index contributed by atoms with van der Waals surface area (Å²) in [5.41, 5.74) is -0.907. The number of rotatable bonds is 8. The Morgan fingerprint density at radius 3 is 2.39 bits per heavy atom. The number of nitrogens with zero attached hydrogens (tertiary/aromatic N) is 2. The minimum Gasteiger partial charge on any atom is -0.478 e. The zero-order valence-corrected chi connectivity index (χ0v) is 17.8. The Hall–Kier alpha value is -3.82. The number of hydrogen-bond acceptors (Lipinski definition) is 5. The van der Waals surface area contributed by atoms with Gasteiger partial charge in [-0.15, -0.1) is 0 Å². The van der Waals surface area contributed by atoms with Gasteiger partial charge in [-0.05, 0) is 55.8 Å². The zero-order valence-electron chi connectivity index (χ0n) is 17.8. The quantitative estimate of drug-likeness (QED) is 0.494. The van der Waals surface area contributed by atoms with Crippen LogP contribution < -0.4 is 4.74 Å². The third-order valence-corrected chi connectivity index (χ3v) is 4.63. The molecular weight excluding hydrogens is 441 g/mol. The Morgan fingerprint density at radius 1 is 1.06 bits per heavy atom. The molecule has 10 heteroatoms. The second-order valence-corrected chi connectivity index (χ2v) is 7.76. The number of hydrogen-bond donors (Lipinski definition) is 1. The summed E-state index contributed by atoms with van der Waals surface area (Å²) >= 11 is 0. The molecule has 174 valence electrons. The van der Waals surface area contributed by atoms with E-state index in [1.807, 2.05) is 0 Å². The molecule has 0 bridgehead atoms. The Bertz CT molecular complexity index is 1140. The summed E-state index contributed by atoms with van der Waals surface area (Å²) in [5.74, 6) is -1.45. The predicted molar refractivity (Wildman–Crippen MR) is 111 cm³/mol. The maximum Gasteiger partial charge on any atom is 0.416 e. The molecule has 3 aromatic rings. The van der Waals surface area contributed by atoms with Gasteiger partial charge in [0.2, 0.25) is 0 Å². The zero-order chi connectivity index (χ0) is 24.2. The Morgan fingerprint density at radius 2 is 1.76 bits per heavy atom. The van der Waals surface area contributed by atoms with Crippen LogP contribution in [0.5, 0.6) is 5.75 Å². The molecule has 0 aliphatic rings. The van der Waals surface area contributed by atoms with E-state index in [0.717, 1.165) is 12.1 Å². The number of esters is 1. The molecule has 1 aromatic heterocycles. The van der Waals surface area contributed by atoms with Gasteiger partial charge in [-0.2, -0.15) is 18.3 Å². The molecule has 0 aliphatic carbocycles. The molecule has 2 aromatic carbocycles. The van der Waals surface area contributed by atoms with Crippen molar-refractivity contribution in [3.05, 3.63) is 83.2 Å². The molecule has 0 spiro atoms. The largest absolute Gasteiger partial charge is 0.478 e. The lowest BCUT2D eigenvalue weighted by Crippen LogP contribution is -2.37. The minimum absolute atomic E-state index is 0.0777. The number of carbonyl (C=O) groups is 2. The fourth-order valence-corrected chi connectivity index (χ4v) is 2.83. The second-order valence-electron chi connectivity index (χ2n) is 7.76. The molecule has 0 unspecified atom stereocenters. The first kappa shape index (κ1) is 23.8. The highest BCUT2D eigenvalue weighted by atomic mass is 19.4. The van der Waals surface area contributed by atoms with Gasteiger partial charge in [0.25, 0.3) is 0 Å². The monoisotopic (exact) mass is 462 g/mol. The van der Waals surface area contributed by atoms with E-state index in [1.54, 1.807) is 12.3 Å². The topological polar surface area (TPSA) is 90.7 Å². The van der Waals surface area contributed by atoms with Crippen LogP contribution in [0.3, 0.4) is 0 Å². The molecule has 0 amide bonds. The standard InChI is InChI=1S/C23H21F3N2O5/c1-22(2,21(30)31)33-19-8-6-17(7-9-19)20(29)32-14-16-11-27-28(13-16)12-15-4-3-5-18(10-15)23(24,25)26/h3-11,13H,12,14H2,1-2H3,(H,30,31). The third-order valence-electron chi connectivity index (χ3n) is 4.63. The van der Waals surface area contributed by atoms with Gasteiger partial charge in [-0.25, -0.2) is 9.59 Å². The minimum atomic E-state index is -4.42. The fraction of sp³-hybridized carbons (Fsp3) is 0.261. The van der Waals surface area contributed by atoms with Gasteiger partial charge in [0.15, 0.2) is 5.60 Å². The molecule has 0 radical (unpaired) electrons. The van der Waals surface area contributed by atoms with E-state index >= 15 is 0 Å². The van der Waals surface area contributed by atoms with Gasteiger partial charge < -0.3 is 14.6 Å². The molecule has 0 fully saturated rings. The highest BCUT2D eigenvalue weighted by Gasteiger charge is 2.30. The molecule has 1 heterocycles. The van der Waals surface area contributed by atoms with E-state index < -0.39 is 29.3 Å². The molecule has 1 N–H and O–H groups in total. The summed E-state index contributed by atoms with van der Waals surface area (Å²) in [4.78, 5) is 23.4. The highest BCUT2D eigenvalue weighted by Crippen LogP contribution is 2.29. The van der Waals surface area contributed by atoms with E-state index in [-0.39, 0.29) is 24.5 Å². The first-order valence-electron chi connectivity index (χ1n) is 9.81. The first-order valence-corrected chi connectivity index (χ1v) is 9.81. The van der Waals surface area contributed by atoms with Crippen molar-refractivity contribution >= 4 is 11.9 Å². The Labute approximate surface area is 187 Å². The first-order chi connectivity index (χ1) is 15.4. The van der Waals surface area contributed by atoms with Crippen LogP contribution in [0.15, 0.2) is 60.9 Å². The van der Waals surface area contributed by atoms with Crippen molar-refractivity contribution in [1.82, 2.24) is 9.78 Å². The van der Waals surface area contributed by atoms with E-state index in [0.29, 0.717) is 11.1 Å². The van der Waals surface area contributed by atoms with Gasteiger partial charge in [0.1, 0.15) is 12.4 Å². The van der Waals surface area contributed by atoms with Crippen LogP contribution in [0.1, 0.15) is 40.9 Å². The van der Waals surface area contributed by atoms with Crippen LogP contribution in [0.4, 0.5) is 13.2 Å². The summed E-state index contributed by atoms with van der Waals surface area (Å²) in [6.07, 6.45) is -1.37. The average molecular weight is 462 g/mol. The van der Waals surface area contributed by atoms with Crippen molar-refractivity contribution in [2.45, 2.75) is 38.8 Å². The van der Waals surface area contributed by atoms with E-state index in [4.69, 9.17) is 14.6 Å². The maximum atomic E-state index is 12.9. The number of halogens is 3. The average Bonchev–Trinajstić information content (AvgIpc) is 3.19. The number of carbonyl (C=O) groups excluding carboxylic acids is 1. The predicted octanol–water partition coefficient (Wildman–Crippen LogP) is 4.55. The molecule has 0 saturated heterocycles. The lowest BCUT2D eigenvalue weighted by molar-refractivity contribution is -0.152. The summed E-state index contributed by atoms with van der Waals surface area (Å²) in [7, 11) is 0. The Kier molecular flexibility index (Phi) is 6.75. The summed E-state index contributed by atoms with van der Waals surface area (Å²) in [5, 5.41) is 13.2. The van der Waals surface area contributed by atoms with Crippen LogP contribution in [-0.2, 0) is 28.9 Å². The molecule has 33 heavy (non-hydrogen) atoms. The van der Waals surface area contributed by atoms with Crippen LogP contribution in [0, 0.1) is 0 Å². The van der Waals surface area contributed by atoms with Gasteiger partial charge in [-0.3, -0.25) is 4.68 Å². The van der Waals surface area contributed by atoms with E-state index in [2.05, 4.69) is 5.10 Å². The van der Waals surface area contributed by atoms with Crippen LogP contribution in [0.25, 0.3) is 0 Å². The summed E-state index contributed by atoms with van der Waals surface area (Å²) in [6, 6.07) is 10.8. The van der Waals surface area contributed by atoms with Gasteiger partial charge in [-0.1, -0.05) is 12.1 Å². The van der Waals surface area contributed by atoms with Crippen LogP contribution >= 0.6 is 0 Å². The maximum absolute atomic E-state index is 12.9. The highest BCUT2D eigenvalue weighted by molar-refractivity contribution is 5.89. The normalized spacial score (nSPS) is 11.8. The number of carboxylic acid groups (broad SMARTS) is 1. The molecule has 0 saturated carbocycles. The smallest absolute Gasteiger partial charge is 0.416 e. The number of benzene rings is 2. The second kappa shape index (κ2) is 9.35. The molecule has 3 rings (SSSR count). The van der Waals surface area contributed by atoms with Gasteiger partial charge >= 0.3 is 18.1 Å². The number of carboxylic acids is 1. The number of alkyl halides is 3. The van der Waals surface area contributed by atoms with Crippen molar-refractivity contribution < 1.29 is 37.3 Å². The third kappa shape index (κ3) is 6.34. The van der Waals surface area contributed by atoms with Crippen LogP contribution in [-0.4, -0.2) is 32.4 Å². The van der Waals surface area contributed by atoms with E-state index in [9.17, 15) is 22.8 Å². The van der Waals surface area contributed by atoms with E-state index in [1.165, 1.54) is 55.1 Å². The lowest BCUT2D eigenvalue weighted by atomic mass is 10.1. The van der Waals surface area contributed by atoms with Gasteiger partial charge in [0, 0.05) is 11.8 Å². The molecule has 0 atom stereocenters. The number of aromatic nitrogens is 2. The molecular formula is C23H21F3N2O5.